The molecule has 18 heavy (non-hydrogen) atoms. The molecule has 0 atom stereocenters. The predicted molar refractivity (Wildman–Crippen MR) is 67.3 cm³/mol. The number of phenols is 1. The second-order valence-electron chi connectivity index (χ2n) is 3.69. The smallest absolute Gasteiger partial charge is 0.189 e. The van der Waals surface area contributed by atoms with Gasteiger partial charge in [0.15, 0.2) is 17.3 Å². The van der Waals surface area contributed by atoms with Gasteiger partial charge in [0.05, 0.1) is 5.56 Å². The van der Waals surface area contributed by atoms with Gasteiger partial charge in [0.1, 0.15) is 5.75 Å². The first-order chi connectivity index (χ1) is 8.66. The van der Waals surface area contributed by atoms with Crippen molar-refractivity contribution in [2.45, 2.75) is 0 Å². The van der Waals surface area contributed by atoms with Crippen molar-refractivity contribution in [3.63, 3.8) is 0 Å². The molecule has 0 radical (unpaired) electrons. The van der Waals surface area contributed by atoms with E-state index in [4.69, 9.17) is 17.3 Å². The van der Waals surface area contributed by atoms with E-state index >= 15 is 0 Å². The molecule has 0 bridgehead atoms. The molecule has 0 spiro atoms. The lowest BCUT2D eigenvalue weighted by Gasteiger charge is -2.07. The Kier molecular flexibility index (Phi) is 2.31. The van der Waals surface area contributed by atoms with Gasteiger partial charge >= 0.3 is 0 Å². The largest absolute Gasteiger partial charge is 0.507 e. The first-order valence-corrected chi connectivity index (χ1v) is 5.49. The summed E-state index contributed by atoms with van der Waals surface area (Å²) in [5.74, 6) is 0.708. The fourth-order valence-electron chi connectivity index (χ4n) is 1.74. The number of hydrogen-bond acceptors (Lipinski definition) is 5. The lowest BCUT2D eigenvalue weighted by Crippen LogP contribution is -2.03. The van der Waals surface area contributed by atoms with Gasteiger partial charge in [0, 0.05) is 17.4 Å². The molecule has 0 unspecified atom stereocenters. The van der Waals surface area contributed by atoms with E-state index in [0.29, 0.717) is 22.1 Å². The number of halogens is 1. The lowest BCUT2D eigenvalue weighted by molar-refractivity contribution is 0.476. The minimum atomic E-state index is 0.0246. The van der Waals surface area contributed by atoms with Crippen molar-refractivity contribution in [2.75, 3.05) is 5.73 Å². The van der Waals surface area contributed by atoms with E-state index in [9.17, 15) is 5.11 Å². The van der Waals surface area contributed by atoms with E-state index in [0.717, 1.165) is 0 Å². The Bertz CT molecular complexity index is 739. The monoisotopic (exact) mass is 261 g/mol. The summed E-state index contributed by atoms with van der Waals surface area (Å²) in [6.07, 6.45) is 3.29. The Morgan fingerprint density at radius 1 is 1.28 bits per heavy atom. The quantitative estimate of drug-likeness (QED) is 0.696. The van der Waals surface area contributed by atoms with Crippen LogP contribution >= 0.6 is 11.6 Å². The van der Waals surface area contributed by atoms with Gasteiger partial charge in [-0.25, -0.2) is 4.98 Å². The number of benzene rings is 1. The molecule has 3 N–H and O–H groups in total. The van der Waals surface area contributed by atoms with Crippen LogP contribution in [0.1, 0.15) is 0 Å². The molecule has 7 heteroatoms. The van der Waals surface area contributed by atoms with Gasteiger partial charge in [0.25, 0.3) is 0 Å². The molecule has 0 saturated heterocycles. The van der Waals surface area contributed by atoms with Gasteiger partial charge in [-0.1, -0.05) is 11.6 Å². The topological polar surface area (TPSA) is 89.3 Å². The third kappa shape index (κ3) is 1.54. The van der Waals surface area contributed by atoms with E-state index in [1.54, 1.807) is 28.9 Å². The number of aromatic hydroxyl groups is 1. The summed E-state index contributed by atoms with van der Waals surface area (Å²) in [6, 6.07) is 4.77. The molecule has 2 aromatic heterocycles. The molecule has 0 aliphatic heterocycles. The van der Waals surface area contributed by atoms with Gasteiger partial charge in [-0.15, -0.1) is 10.2 Å². The zero-order chi connectivity index (χ0) is 12.7. The SMILES string of the molecule is Nc1nnc(-c2ccc(Cl)cc2O)n2ccnc12. The summed E-state index contributed by atoms with van der Waals surface area (Å²) in [5.41, 5.74) is 6.67. The van der Waals surface area contributed by atoms with Crippen LogP contribution in [0.5, 0.6) is 5.75 Å². The zero-order valence-electron chi connectivity index (χ0n) is 9.08. The first-order valence-electron chi connectivity index (χ1n) is 5.11. The van der Waals surface area contributed by atoms with Crippen molar-refractivity contribution in [3.8, 4) is 17.1 Å². The van der Waals surface area contributed by atoms with Crippen LogP contribution < -0.4 is 5.73 Å². The van der Waals surface area contributed by atoms with Crippen molar-refractivity contribution < 1.29 is 5.11 Å². The Labute approximate surface area is 107 Å². The second-order valence-corrected chi connectivity index (χ2v) is 4.13. The summed E-state index contributed by atoms with van der Waals surface area (Å²) in [6.45, 7) is 0. The molecule has 90 valence electrons. The number of fused-ring (bicyclic) bond motifs is 1. The van der Waals surface area contributed by atoms with Gasteiger partial charge in [-0.2, -0.15) is 0 Å². The molecule has 0 aliphatic carbocycles. The van der Waals surface area contributed by atoms with Crippen LogP contribution in [0.15, 0.2) is 30.6 Å². The molecule has 0 saturated carbocycles. The third-order valence-corrected chi connectivity index (χ3v) is 2.79. The number of imidazole rings is 1. The summed E-state index contributed by atoms with van der Waals surface area (Å²) in [4.78, 5) is 4.08. The van der Waals surface area contributed by atoms with Gasteiger partial charge < -0.3 is 10.8 Å². The van der Waals surface area contributed by atoms with E-state index in [1.165, 1.54) is 6.07 Å². The minimum absolute atomic E-state index is 0.0246. The lowest BCUT2D eigenvalue weighted by atomic mass is 10.2. The number of nitrogens with zero attached hydrogens (tertiary/aromatic N) is 4. The van der Waals surface area contributed by atoms with Crippen molar-refractivity contribution >= 4 is 23.1 Å². The second kappa shape index (κ2) is 3.85. The van der Waals surface area contributed by atoms with Crippen molar-refractivity contribution in [1.82, 2.24) is 19.6 Å². The van der Waals surface area contributed by atoms with E-state index in [1.807, 2.05) is 0 Å². The van der Waals surface area contributed by atoms with E-state index < -0.39 is 0 Å². The average Bonchev–Trinajstić information content (AvgIpc) is 2.81. The number of phenolic OH excluding ortho intramolecular Hbond substituents is 1. The number of nitrogen functional groups attached to an aromatic ring is 1. The molecule has 3 aromatic rings. The van der Waals surface area contributed by atoms with Crippen LogP contribution in [0.2, 0.25) is 5.02 Å². The summed E-state index contributed by atoms with van der Waals surface area (Å²) < 4.78 is 1.66. The average molecular weight is 262 g/mol. The molecule has 6 nitrogen and oxygen atoms in total. The summed E-state index contributed by atoms with van der Waals surface area (Å²) in [5, 5.41) is 18.1. The Balaban J connectivity index is 2.32. The Morgan fingerprint density at radius 3 is 2.89 bits per heavy atom. The van der Waals surface area contributed by atoms with Crippen LogP contribution in [-0.2, 0) is 0 Å². The highest BCUT2D eigenvalue weighted by Gasteiger charge is 2.13. The molecule has 2 heterocycles. The molecular weight excluding hydrogens is 254 g/mol. The van der Waals surface area contributed by atoms with Crippen LogP contribution in [0.25, 0.3) is 17.0 Å². The number of hydrogen-bond donors (Lipinski definition) is 2. The molecule has 0 aliphatic rings. The zero-order valence-corrected chi connectivity index (χ0v) is 9.83. The van der Waals surface area contributed by atoms with Gasteiger partial charge in [-0.05, 0) is 18.2 Å². The number of aromatic nitrogens is 4. The number of anilines is 1. The molecule has 3 rings (SSSR count). The molecule has 0 fully saturated rings. The van der Waals surface area contributed by atoms with E-state index in [2.05, 4.69) is 15.2 Å². The molecule has 1 aromatic carbocycles. The van der Waals surface area contributed by atoms with Crippen LogP contribution in [0.3, 0.4) is 0 Å². The maximum atomic E-state index is 9.89. The molecule has 0 amide bonds. The van der Waals surface area contributed by atoms with Crippen LogP contribution in [0, 0.1) is 0 Å². The third-order valence-electron chi connectivity index (χ3n) is 2.55. The molecular formula is C11H8ClN5O. The highest BCUT2D eigenvalue weighted by Crippen LogP contribution is 2.30. The summed E-state index contributed by atoms with van der Waals surface area (Å²) in [7, 11) is 0. The fraction of sp³-hybridized carbons (Fsp3) is 0. The number of nitrogens with two attached hydrogens (primary N) is 1. The highest BCUT2D eigenvalue weighted by atomic mass is 35.5. The Morgan fingerprint density at radius 2 is 2.11 bits per heavy atom. The first kappa shape index (κ1) is 10.8. The summed E-state index contributed by atoms with van der Waals surface area (Å²) >= 11 is 5.79. The number of rotatable bonds is 1. The van der Waals surface area contributed by atoms with Crippen LogP contribution in [-0.4, -0.2) is 24.7 Å². The van der Waals surface area contributed by atoms with Crippen LogP contribution in [0.4, 0.5) is 5.82 Å². The van der Waals surface area contributed by atoms with Gasteiger partial charge in [0.2, 0.25) is 0 Å². The fourth-order valence-corrected chi connectivity index (χ4v) is 1.90. The highest BCUT2D eigenvalue weighted by molar-refractivity contribution is 6.30. The normalized spacial score (nSPS) is 10.9. The van der Waals surface area contributed by atoms with Crippen molar-refractivity contribution in [1.29, 1.82) is 0 Å². The van der Waals surface area contributed by atoms with Gasteiger partial charge in [-0.3, -0.25) is 4.40 Å². The maximum Gasteiger partial charge on any atom is 0.189 e. The standard InChI is InChI=1S/C11H8ClN5O/c12-6-1-2-7(8(18)5-6)10-16-15-9(13)11-14-3-4-17(10)11/h1-5,18H,(H2,13,15). The van der Waals surface area contributed by atoms with Crippen molar-refractivity contribution in [3.05, 3.63) is 35.6 Å². The Hall–Kier alpha value is -2.34. The van der Waals surface area contributed by atoms with E-state index in [-0.39, 0.29) is 11.6 Å². The van der Waals surface area contributed by atoms with Crippen molar-refractivity contribution in [2.24, 2.45) is 0 Å². The predicted octanol–water partition coefficient (Wildman–Crippen LogP) is 1.73. The minimum Gasteiger partial charge on any atom is -0.507 e. The maximum absolute atomic E-state index is 9.89.